The molecule has 96 valence electrons. The summed E-state index contributed by atoms with van der Waals surface area (Å²) in [6, 6.07) is 7.43. The smallest absolute Gasteiger partial charge is 0.278 e. The van der Waals surface area contributed by atoms with E-state index in [4.69, 9.17) is 11.6 Å². The van der Waals surface area contributed by atoms with Crippen LogP contribution in [0.3, 0.4) is 0 Å². The van der Waals surface area contributed by atoms with Crippen molar-refractivity contribution in [2.75, 3.05) is 5.32 Å². The zero-order valence-electron chi connectivity index (χ0n) is 9.77. The van der Waals surface area contributed by atoms with Crippen molar-refractivity contribution < 1.29 is 0 Å². The zero-order valence-corrected chi connectivity index (χ0v) is 10.5. The van der Waals surface area contributed by atoms with E-state index in [0.717, 1.165) is 5.56 Å². The predicted octanol–water partition coefficient (Wildman–Crippen LogP) is 1.91. The molecule has 1 aromatic carbocycles. The van der Waals surface area contributed by atoms with Gasteiger partial charge in [0, 0.05) is 11.6 Å². The number of nitrogens with one attached hydrogen (secondary N) is 3. The average molecular weight is 276 g/mol. The maximum atomic E-state index is 11.7. The van der Waals surface area contributed by atoms with Crippen molar-refractivity contribution in [3.63, 3.8) is 0 Å². The molecule has 0 saturated carbocycles. The Morgan fingerprint density at radius 1 is 1.26 bits per heavy atom. The highest BCUT2D eigenvalue weighted by molar-refractivity contribution is 6.30. The molecule has 2 heterocycles. The number of H-pyrrole nitrogens is 2. The quantitative estimate of drug-likeness (QED) is 0.681. The van der Waals surface area contributed by atoms with Gasteiger partial charge in [-0.15, -0.1) is 0 Å². The number of nitrogens with zero attached hydrogens (tertiary/aromatic N) is 2. The summed E-state index contributed by atoms with van der Waals surface area (Å²) >= 11 is 5.81. The van der Waals surface area contributed by atoms with Crippen molar-refractivity contribution in [1.29, 1.82) is 0 Å². The lowest BCUT2D eigenvalue weighted by Crippen LogP contribution is -2.13. The van der Waals surface area contributed by atoms with Gasteiger partial charge in [0.15, 0.2) is 11.2 Å². The third-order valence-electron chi connectivity index (χ3n) is 2.67. The molecule has 0 fully saturated rings. The second-order valence-corrected chi connectivity index (χ2v) is 4.43. The summed E-state index contributed by atoms with van der Waals surface area (Å²) in [5, 5.41) is 3.73. The lowest BCUT2D eigenvalue weighted by molar-refractivity contribution is 1.05. The van der Waals surface area contributed by atoms with E-state index in [1.807, 2.05) is 24.3 Å². The topological polar surface area (TPSA) is 86.5 Å². The van der Waals surface area contributed by atoms with Crippen LogP contribution in [0, 0.1) is 0 Å². The van der Waals surface area contributed by atoms with Gasteiger partial charge >= 0.3 is 0 Å². The zero-order chi connectivity index (χ0) is 13.2. The summed E-state index contributed by atoms with van der Waals surface area (Å²) in [7, 11) is 0. The minimum Gasteiger partial charge on any atom is -0.352 e. The lowest BCUT2D eigenvalue weighted by Gasteiger charge is -2.05. The first-order valence-electron chi connectivity index (χ1n) is 5.64. The molecule has 0 radical (unpaired) electrons. The predicted molar refractivity (Wildman–Crippen MR) is 73.3 cm³/mol. The SMILES string of the molecule is O=c1[nH]c(NCc2ccc(Cl)cc2)nc2nc[nH]c12. The van der Waals surface area contributed by atoms with Gasteiger partial charge in [-0.3, -0.25) is 9.78 Å². The van der Waals surface area contributed by atoms with Crippen LogP contribution in [0.1, 0.15) is 5.56 Å². The van der Waals surface area contributed by atoms with Gasteiger partial charge in [0.05, 0.1) is 6.33 Å². The molecule has 0 saturated heterocycles. The average Bonchev–Trinajstić information content (AvgIpc) is 2.87. The number of imidazole rings is 1. The number of anilines is 1. The molecule has 3 rings (SSSR count). The number of halogens is 1. The Balaban J connectivity index is 1.81. The minimum absolute atomic E-state index is 0.249. The van der Waals surface area contributed by atoms with E-state index in [2.05, 4.69) is 25.3 Å². The van der Waals surface area contributed by atoms with Crippen LogP contribution >= 0.6 is 11.6 Å². The Morgan fingerprint density at radius 2 is 2.05 bits per heavy atom. The monoisotopic (exact) mass is 275 g/mol. The number of rotatable bonds is 3. The molecule has 0 spiro atoms. The molecule has 0 amide bonds. The number of aromatic nitrogens is 4. The van der Waals surface area contributed by atoms with E-state index in [0.29, 0.717) is 28.7 Å². The Bertz CT molecular complexity index is 762. The van der Waals surface area contributed by atoms with Crippen molar-refractivity contribution in [2.45, 2.75) is 6.54 Å². The van der Waals surface area contributed by atoms with Gasteiger partial charge in [0.1, 0.15) is 0 Å². The molecular formula is C12H10ClN5O. The first-order chi connectivity index (χ1) is 9.22. The summed E-state index contributed by atoms with van der Waals surface area (Å²) in [5.41, 5.74) is 1.55. The molecule has 19 heavy (non-hydrogen) atoms. The van der Waals surface area contributed by atoms with Crippen molar-refractivity contribution in [1.82, 2.24) is 19.9 Å². The maximum absolute atomic E-state index is 11.7. The molecule has 0 bridgehead atoms. The normalized spacial score (nSPS) is 10.8. The van der Waals surface area contributed by atoms with Gasteiger partial charge in [-0.25, -0.2) is 4.98 Å². The second kappa shape index (κ2) is 4.74. The fraction of sp³-hybridized carbons (Fsp3) is 0.0833. The minimum atomic E-state index is -0.249. The second-order valence-electron chi connectivity index (χ2n) is 4.00. The van der Waals surface area contributed by atoms with Crippen molar-refractivity contribution in [3.05, 3.63) is 51.5 Å². The largest absolute Gasteiger partial charge is 0.352 e. The van der Waals surface area contributed by atoms with Crippen LogP contribution in [0.5, 0.6) is 0 Å². The summed E-state index contributed by atoms with van der Waals surface area (Å²) in [4.78, 5) is 25.2. The Morgan fingerprint density at radius 3 is 2.84 bits per heavy atom. The van der Waals surface area contributed by atoms with Crippen molar-refractivity contribution in [3.8, 4) is 0 Å². The molecule has 2 aromatic heterocycles. The fourth-order valence-corrected chi connectivity index (χ4v) is 1.84. The highest BCUT2D eigenvalue weighted by Crippen LogP contribution is 2.10. The van der Waals surface area contributed by atoms with Crippen LogP contribution in [0.2, 0.25) is 5.02 Å². The van der Waals surface area contributed by atoms with Crippen LogP contribution in [0.15, 0.2) is 35.4 Å². The number of benzene rings is 1. The number of hydrogen-bond donors (Lipinski definition) is 3. The number of fused-ring (bicyclic) bond motifs is 1. The summed E-state index contributed by atoms with van der Waals surface area (Å²) in [6.07, 6.45) is 1.44. The Hall–Kier alpha value is -2.34. The van der Waals surface area contributed by atoms with Gasteiger partial charge in [-0.05, 0) is 17.7 Å². The van der Waals surface area contributed by atoms with E-state index < -0.39 is 0 Å². The molecule has 0 unspecified atom stereocenters. The van der Waals surface area contributed by atoms with E-state index in [1.165, 1.54) is 6.33 Å². The van der Waals surface area contributed by atoms with E-state index >= 15 is 0 Å². The molecular weight excluding hydrogens is 266 g/mol. The van der Waals surface area contributed by atoms with Gasteiger partial charge in [-0.1, -0.05) is 23.7 Å². The summed E-state index contributed by atoms with van der Waals surface area (Å²) in [6.45, 7) is 0.538. The summed E-state index contributed by atoms with van der Waals surface area (Å²) in [5.74, 6) is 0.388. The van der Waals surface area contributed by atoms with Crippen LogP contribution in [0.25, 0.3) is 11.2 Å². The van der Waals surface area contributed by atoms with E-state index in [9.17, 15) is 4.79 Å². The highest BCUT2D eigenvalue weighted by Gasteiger charge is 2.05. The molecule has 6 nitrogen and oxygen atoms in total. The third kappa shape index (κ3) is 2.43. The van der Waals surface area contributed by atoms with Crippen molar-refractivity contribution >= 4 is 28.7 Å². The lowest BCUT2D eigenvalue weighted by atomic mass is 10.2. The maximum Gasteiger partial charge on any atom is 0.278 e. The van der Waals surface area contributed by atoms with Gasteiger partial charge in [0.25, 0.3) is 5.56 Å². The first kappa shape index (κ1) is 11.7. The molecule has 3 aromatic rings. The molecule has 3 N–H and O–H groups in total. The molecule has 0 atom stereocenters. The van der Waals surface area contributed by atoms with Crippen LogP contribution < -0.4 is 10.9 Å². The summed E-state index contributed by atoms with van der Waals surface area (Å²) < 4.78 is 0. The van der Waals surface area contributed by atoms with E-state index in [-0.39, 0.29) is 5.56 Å². The van der Waals surface area contributed by atoms with Crippen LogP contribution in [0.4, 0.5) is 5.95 Å². The van der Waals surface area contributed by atoms with E-state index in [1.54, 1.807) is 0 Å². The molecule has 0 aliphatic heterocycles. The fourth-order valence-electron chi connectivity index (χ4n) is 1.71. The van der Waals surface area contributed by atoms with Gasteiger partial charge < -0.3 is 10.3 Å². The van der Waals surface area contributed by atoms with Crippen LogP contribution in [-0.2, 0) is 6.54 Å². The molecule has 0 aliphatic carbocycles. The van der Waals surface area contributed by atoms with Crippen molar-refractivity contribution in [2.24, 2.45) is 0 Å². The number of aromatic amines is 2. The number of hydrogen-bond acceptors (Lipinski definition) is 4. The third-order valence-corrected chi connectivity index (χ3v) is 2.92. The highest BCUT2D eigenvalue weighted by atomic mass is 35.5. The Kier molecular flexibility index (Phi) is 2.92. The molecule has 7 heteroatoms. The Labute approximate surface area is 112 Å². The molecule has 0 aliphatic rings. The standard InChI is InChI=1S/C12H10ClN5O/c13-8-3-1-7(2-4-8)5-14-12-17-10-9(11(19)18-12)15-6-16-10/h1-4,6H,5H2,(H3,14,15,16,17,18,19). The first-order valence-corrected chi connectivity index (χ1v) is 6.02. The van der Waals surface area contributed by atoms with Crippen LogP contribution in [-0.4, -0.2) is 19.9 Å². The van der Waals surface area contributed by atoms with Gasteiger partial charge in [0.2, 0.25) is 5.95 Å². The van der Waals surface area contributed by atoms with Gasteiger partial charge in [-0.2, -0.15) is 4.98 Å².